The van der Waals surface area contributed by atoms with Crippen molar-refractivity contribution in [3.8, 4) is 5.75 Å². The molecule has 0 aromatic heterocycles. The fraction of sp³-hybridized carbons (Fsp3) is 0.211. The lowest BCUT2D eigenvalue weighted by Crippen LogP contribution is -2.23. The van der Waals surface area contributed by atoms with E-state index < -0.39 is 52.3 Å². The first-order valence-corrected chi connectivity index (χ1v) is 8.61. The highest BCUT2D eigenvalue weighted by Gasteiger charge is 2.29. The van der Waals surface area contributed by atoms with Crippen LogP contribution in [-0.2, 0) is 14.3 Å². The number of rotatable bonds is 9. The van der Waals surface area contributed by atoms with Crippen LogP contribution in [0.25, 0.3) is 0 Å². The minimum atomic E-state index is -1.29. The molecule has 2 rings (SSSR count). The average Bonchev–Trinajstić information content (AvgIpc) is 2.73. The van der Waals surface area contributed by atoms with Gasteiger partial charge in [0.1, 0.15) is 11.6 Å². The van der Waals surface area contributed by atoms with Gasteiger partial charge in [-0.05, 0) is 30.3 Å². The number of methoxy groups -OCH3 is 1. The summed E-state index contributed by atoms with van der Waals surface area (Å²) in [5.41, 5.74) is -0.507. The first-order valence-electron chi connectivity index (χ1n) is 8.61. The number of hydrogen-bond donors (Lipinski definition) is 0. The first kappa shape index (κ1) is 23.1. The molecule has 31 heavy (non-hydrogen) atoms. The molecule has 0 fully saturated rings. The topological polar surface area (TPSA) is 156 Å². The number of carbonyl (C=O) groups excluding carboxylic acids is 3. The van der Waals surface area contributed by atoms with Gasteiger partial charge < -0.3 is 9.47 Å². The van der Waals surface area contributed by atoms with Gasteiger partial charge in [0.2, 0.25) is 12.3 Å². The molecule has 12 heteroatoms. The van der Waals surface area contributed by atoms with Gasteiger partial charge in [-0.1, -0.05) is 0 Å². The number of nitro groups is 2. The Kier molecular flexibility index (Phi) is 7.44. The van der Waals surface area contributed by atoms with Crippen LogP contribution >= 0.6 is 0 Å². The number of carbonyl (C=O) groups is 3. The minimum absolute atomic E-state index is 0.0719. The molecule has 0 N–H and O–H groups in total. The van der Waals surface area contributed by atoms with Crippen LogP contribution in [-0.4, -0.2) is 41.2 Å². The van der Waals surface area contributed by atoms with Crippen LogP contribution in [0.15, 0.2) is 42.5 Å². The molecular formula is C19H15FN2O9. The minimum Gasteiger partial charge on any atom is -0.463 e. The fourth-order valence-corrected chi connectivity index (χ4v) is 2.68. The molecule has 0 aliphatic heterocycles. The Balaban J connectivity index is 2.36. The number of hydrogen-bond acceptors (Lipinski definition) is 9. The molecule has 0 aliphatic carbocycles. The third-order valence-electron chi connectivity index (χ3n) is 4.14. The Morgan fingerprint density at radius 1 is 1.06 bits per heavy atom. The Hall–Kier alpha value is -4.22. The maximum atomic E-state index is 13.8. The largest absolute Gasteiger partial charge is 0.463 e. The summed E-state index contributed by atoms with van der Waals surface area (Å²) in [6.07, 6.45) is -0.681. The smallest absolute Gasteiger partial charge is 0.374 e. The molecule has 0 spiro atoms. The van der Waals surface area contributed by atoms with Crippen molar-refractivity contribution < 1.29 is 38.1 Å². The lowest BCUT2D eigenvalue weighted by molar-refractivity contribution is -0.483. The van der Waals surface area contributed by atoms with Gasteiger partial charge in [-0.3, -0.25) is 25.0 Å². The molecule has 0 radical (unpaired) electrons. The van der Waals surface area contributed by atoms with Crippen molar-refractivity contribution in [3.05, 3.63) is 79.6 Å². The maximum absolute atomic E-state index is 13.8. The molecule has 0 saturated heterocycles. The molecule has 0 heterocycles. The summed E-state index contributed by atoms with van der Waals surface area (Å²) in [7, 11) is 0.961. The average molecular weight is 434 g/mol. The summed E-state index contributed by atoms with van der Waals surface area (Å²) in [5.74, 6) is -5.66. The highest BCUT2D eigenvalue weighted by Crippen LogP contribution is 2.31. The standard InChI is InChI=1S/C19H15FN2O9/c1-30-19(25)16(23)8-12(10-21(26)27)15-9-13(20)4-7-17(15)31-18(24)11-2-5-14(6-3-11)22(28)29/h2-7,9,12H,8,10H2,1H3/t12-/m1/s1. The van der Waals surface area contributed by atoms with Gasteiger partial charge in [0.15, 0.2) is 0 Å². The molecule has 162 valence electrons. The van der Waals surface area contributed by atoms with Crippen molar-refractivity contribution in [2.24, 2.45) is 0 Å². The molecule has 0 aliphatic rings. The van der Waals surface area contributed by atoms with Crippen LogP contribution in [0.5, 0.6) is 5.75 Å². The third kappa shape index (κ3) is 6.13. The molecule has 2 aromatic carbocycles. The van der Waals surface area contributed by atoms with E-state index in [1.807, 2.05) is 0 Å². The summed E-state index contributed by atoms with van der Waals surface area (Å²) in [5, 5.41) is 21.8. The zero-order valence-electron chi connectivity index (χ0n) is 16.0. The lowest BCUT2D eigenvalue weighted by atomic mass is 9.92. The Morgan fingerprint density at radius 2 is 1.71 bits per heavy atom. The van der Waals surface area contributed by atoms with E-state index in [1.165, 1.54) is 0 Å². The highest BCUT2D eigenvalue weighted by molar-refractivity contribution is 6.33. The second-order valence-electron chi connectivity index (χ2n) is 6.21. The van der Waals surface area contributed by atoms with Crippen molar-refractivity contribution in [2.45, 2.75) is 12.3 Å². The molecule has 11 nitrogen and oxygen atoms in total. The second-order valence-corrected chi connectivity index (χ2v) is 6.21. The number of non-ortho nitro benzene ring substituents is 1. The molecule has 2 aromatic rings. The molecule has 0 bridgehead atoms. The van der Waals surface area contributed by atoms with Gasteiger partial charge >= 0.3 is 11.9 Å². The Morgan fingerprint density at radius 3 is 2.26 bits per heavy atom. The summed E-state index contributed by atoms with van der Waals surface area (Å²) >= 11 is 0. The molecule has 0 unspecified atom stereocenters. The highest BCUT2D eigenvalue weighted by atomic mass is 19.1. The first-order chi connectivity index (χ1) is 14.6. The van der Waals surface area contributed by atoms with Gasteiger partial charge in [-0.2, -0.15) is 0 Å². The van der Waals surface area contributed by atoms with E-state index >= 15 is 0 Å². The second kappa shape index (κ2) is 10.0. The number of halogens is 1. The number of ether oxygens (including phenoxy) is 2. The Labute approximate surface area is 173 Å². The van der Waals surface area contributed by atoms with E-state index in [0.29, 0.717) is 0 Å². The van der Waals surface area contributed by atoms with Gasteiger partial charge in [0, 0.05) is 29.0 Å². The molecule has 1 atom stereocenters. The van der Waals surface area contributed by atoms with E-state index in [2.05, 4.69) is 4.74 Å². The van der Waals surface area contributed by atoms with Crippen molar-refractivity contribution in [2.75, 3.05) is 13.7 Å². The maximum Gasteiger partial charge on any atom is 0.374 e. The molecular weight excluding hydrogens is 419 g/mol. The van der Waals surface area contributed by atoms with Crippen molar-refractivity contribution >= 4 is 23.4 Å². The van der Waals surface area contributed by atoms with E-state index in [4.69, 9.17) is 4.74 Å². The fourth-order valence-electron chi connectivity index (χ4n) is 2.68. The normalized spacial score (nSPS) is 11.3. The van der Waals surface area contributed by atoms with Crippen LogP contribution in [0.1, 0.15) is 28.3 Å². The zero-order valence-corrected chi connectivity index (χ0v) is 16.0. The number of ketones is 1. The van der Waals surface area contributed by atoms with Gasteiger partial charge in [-0.25, -0.2) is 14.0 Å². The SMILES string of the molecule is COC(=O)C(=O)C[C@H](C[N+](=O)[O-])c1cc(F)ccc1OC(=O)c1ccc([N+](=O)[O-])cc1. The van der Waals surface area contributed by atoms with Crippen LogP contribution in [0, 0.1) is 26.0 Å². The van der Waals surface area contributed by atoms with Crippen molar-refractivity contribution in [3.63, 3.8) is 0 Å². The van der Waals surface area contributed by atoms with Crippen molar-refractivity contribution in [1.29, 1.82) is 0 Å². The van der Waals surface area contributed by atoms with E-state index in [0.717, 1.165) is 49.6 Å². The van der Waals surface area contributed by atoms with E-state index in [9.17, 15) is 39.0 Å². The summed E-state index contributed by atoms with van der Waals surface area (Å²) in [6.45, 7) is -0.853. The van der Waals surface area contributed by atoms with Crippen LogP contribution in [0.2, 0.25) is 0 Å². The monoisotopic (exact) mass is 434 g/mol. The molecule has 0 amide bonds. The number of nitrogens with zero attached hydrogens (tertiary/aromatic N) is 2. The van der Waals surface area contributed by atoms with Gasteiger partial charge in [0.05, 0.1) is 23.5 Å². The number of nitro benzene ring substituents is 1. The van der Waals surface area contributed by atoms with Crippen LogP contribution < -0.4 is 4.74 Å². The predicted molar refractivity (Wildman–Crippen MR) is 101 cm³/mol. The Bertz CT molecular complexity index is 1040. The third-order valence-corrected chi connectivity index (χ3v) is 4.14. The summed E-state index contributed by atoms with van der Waals surface area (Å²) in [4.78, 5) is 56.1. The van der Waals surface area contributed by atoms with Crippen molar-refractivity contribution in [1.82, 2.24) is 0 Å². The number of esters is 2. The zero-order chi connectivity index (χ0) is 23.1. The van der Waals surface area contributed by atoms with Crippen LogP contribution in [0.4, 0.5) is 10.1 Å². The van der Waals surface area contributed by atoms with Crippen LogP contribution in [0.3, 0.4) is 0 Å². The predicted octanol–water partition coefficient (Wildman–Crippen LogP) is 2.45. The summed E-state index contributed by atoms with van der Waals surface area (Å²) < 4.78 is 23.3. The number of benzene rings is 2. The summed E-state index contributed by atoms with van der Waals surface area (Å²) in [6, 6.07) is 7.27. The quantitative estimate of drug-likeness (QED) is 0.190. The van der Waals surface area contributed by atoms with Gasteiger partial charge in [0.25, 0.3) is 5.69 Å². The molecule has 0 saturated carbocycles. The number of Topliss-reactive ketones (excluding diaryl/α,β-unsaturated/α-hetero) is 1. The van der Waals surface area contributed by atoms with E-state index in [-0.39, 0.29) is 22.6 Å². The van der Waals surface area contributed by atoms with Gasteiger partial charge in [-0.15, -0.1) is 0 Å². The van der Waals surface area contributed by atoms with E-state index in [1.54, 1.807) is 0 Å². The lowest BCUT2D eigenvalue weighted by Gasteiger charge is -2.16.